The molecule has 22 heavy (non-hydrogen) atoms. The van der Waals surface area contributed by atoms with Crippen LogP contribution in [0.4, 0.5) is 13.2 Å². The lowest BCUT2D eigenvalue weighted by Crippen LogP contribution is -2.31. The van der Waals surface area contributed by atoms with Gasteiger partial charge in [-0.2, -0.15) is 18.4 Å². The summed E-state index contributed by atoms with van der Waals surface area (Å²) in [5.41, 5.74) is -1.74. The van der Waals surface area contributed by atoms with E-state index in [-0.39, 0.29) is 17.8 Å². The Morgan fingerprint density at radius 1 is 1.00 bits per heavy atom. The lowest BCUT2D eigenvalue weighted by Gasteiger charge is -2.08. The Labute approximate surface area is 122 Å². The van der Waals surface area contributed by atoms with Gasteiger partial charge in [0.25, 0.3) is 0 Å². The molecule has 2 N–H and O–H groups in total. The number of nitriles is 1. The second-order valence-electron chi connectivity index (χ2n) is 4.57. The maximum atomic E-state index is 12.4. The lowest BCUT2D eigenvalue weighted by molar-refractivity contribution is -0.137. The summed E-state index contributed by atoms with van der Waals surface area (Å²) in [4.78, 5) is 26.8. The van der Waals surface area contributed by atoms with E-state index in [0.29, 0.717) is 12.0 Å². The average Bonchev–Trinajstić information content (AvgIpc) is 2.47. The molecule has 0 unspecified atom stereocenters. The van der Waals surface area contributed by atoms with E-state index in [1.165, 1.54) is 12.1 Å². The number of hydrogen-bond acceptors (Lipinski definition) is 3. The van der Waals surface area contributed by atoms with Gasteiger partial charge in [0.1, 0.15) is 11.8 Å². The summed E-state index contributed by atoms with van der Waals surface area (Å²) in [6.45, 7) is 0. The molecule has 114 valence electrons. The van der Waals surface area contributed by atoms with Gasteiger partial charge in [-0.1, -0.05) is 12.1 Å². The number of benzene rings is 1. The van der Waals surface area contributed by atoms with Gasteiger partial charge in [-0.25, -0.2) is 0 Å². The Bertz CT molecular complexity index is 827. The van der Waals surface area contributed by atoms with Gasteiger partial charge in [0.05, 0.1) is 11.3 Å². The van der Waals surface area contributed by atoms with Gasteiger partial charge in [-0.15, -0.1) is 0 Å². The molecule has 1 aromatic carbocycles. The molecule has 2 aromatic rings. The molecule has 0 saturated heterocycles. The topological polar surface area (TPSA) is 89.5 Å². The van der Waals surface area contributed by atoms with Crippen molar-refractivity contribution in [3.8, 4) is 6.07 Å². The molecule has 8 heteroatoms. The van der Waals surface area contributed by atoms with Crippen LogP contribution in [0.25, 0.3) is 0 Å². The molecule has 0 spiro atoms. The van der Waals surface area contributed by atoms with Gasteiger partial charge in [0.15, 0.2) is 0 Å². The predicted molar refractivity (Wildman–Crippen MR) is 71.3 cm³/mol. The van der Waals surface area contributed by atoms with Crippen molar-refractivity contribution >= 4 is 0 Å². The van der Waals surface area contributed by atoms with E-state index in [1.807, 2.05) is 0 Å². The highest BCUT2D eigenvalue weighted by Crippen LogP contribution is 2.29. The number of nitrogens with one attached hydrogen (secondary N) is 2. The molecule has 5 nitrogen and oxygen atoms in total. The first-order chi connectivity index (χ1) is 10.3. The maximum absolute atomic E-state index is 12.4. The van der Waals surface area contributed by atoms with Crippen molar-refractivity contribution in [2.75, 3.05) is 0 Å². The van der Waals surface area contributed by atoms with E-state index >= 15 is 0 Å². The third kappa shape index (κ3) is 3.44. The molecule has 2 rings (SSSR count). The van der Waals surface area contributed by atoms with Crippen LogP contribution >= 0.6 is 0 Å². The molecule has 0 aliphatic carbocycles. The van der Waals surface area contributed by atoms with E-state index in [0.717, 1.165) is 12.1 Å². The lowest BCUT2D eigenvalue weighted by atomic mass is 10.0. The zero-order valence-corrected chi connectivity index (χ0v) is 11.1. The van der Waals surface area contributed by atoms with Crippen molar-refractivity contribution in [2.45, 2.75) is 19.0 Å². The number of aromatic amines is 2. The summed E-state index contributed by atoms with van der Waals surface area (Å²) in [5, 5.41) is 8.89. The van der Waals surface area contributed by atoms with Crippen LogP contribution in [-0.4, -0.2) is 9.97 Å². The van der Waals surface area contributed by atoms with Gasteiger partial charge in [0, 0.05) is 0 Å². The number of rotatable bonds is 3. The third-order valence-electron chi connectivity index (χ3n) is 3.07. The SMILES string of the molecule is N#Cc1[nH]c(=O)c(=O)[nH]c1CCc1ccc(C(F)(F)F)cc1. The fourth-order valence-corrected chi connectivity index (χ4v) is 1.91. The zero-order valence-electron chi connectivity index (χ0n) is 11.1. The van der Waals surface area contributed by atoms with Crippen LogP contribution < -0.4 is 11.1 Å². The number of aromatic nitrogens is 2. The second kappa shape index (κ2) is 5.89. The predicted octanol–water partition coefficient (Wildman–Crippen LogP) is 1.74. The minimum absolute atomic E-state index is 0.0588. The summed E-state index contributed by atoms with van der Waals surface area (Å²) in [6.07, 6.45) is -3.87. The van der Waals surface area contributed by atoms with Gasteiger partial charge in [-0.3, -0.25) is 9.59 Å². The minimum atomic E-state index is -4.39. The Kier molecular flexibility index (Phi) is 4.17. The quantitative estimate of drug-likeness (QED) is 0.846. The number of H-pyrrole nitrogens is 2. The fraction of sp³-hybridized carbons (Fsp3) is 0.214. The van der Waals surface area contributed by atoms with Crippen LogP contribution in [-0.2, 0) is 19.0 Å². The van der Waals surface area contributed by atoms with Gasteiger partial charge >= 0.3 is 17.3 Å². The smallest absolute Gasteiger partial charge is 0.319 e. The van der Waals surface area contributed by atoms with Gasteiger partial charge in [-0.05, 0) is 30.5 Å². The summed E-state index contributed by atoms with van der Waals surface area (Å²) < 4.78 is 37.3. The largest absolute Gasteiger partial charge is 0.416 e. The molecule has 1 aromatic heterocycles. The van der Waals surface area contributed by atoms with Crippen molar-refractivity contribution in [2.24, 2.45) is 0 Å². The summed E-state index contributed by atoms with van der Waals surface area (Å²) in [6, 6.07) is 6.36. The molecule has 0 saturated carbocycles. The molecule has 0 fully saturated rings. The summed E-state index contributed by atoms with van der Waals surface area (Å²) in [5.74, 6) is 0. The molecule has 0 atom stereocenters. The fourth-order valence-electron chi connectivity index (χ4n) is 1.91. The van der Waals surface area contributed by atoms with Gasteiger partial charge in [0.2, 0.25) is 0 Å². The molecular formula is C14H10F3N3O2. The molecule has 0 radical (unpaired) electrons. The van der Waals surface area contributed by atoms with Crippen LogP contribution in [0, 0.1) is 11.3 Å². The Morgan fingerprint density at radius 3 is 2.14 bits per heavy atom. The van der Waals surface area contributed by atoms with Crippen LogP contribution in [0.3, 0.4) is 0 Å². The Morgan fingerprint density at radius 2 is 1.59 bits per heavy atom. The van der Waals surface area contributed by atoms with E-state index in [2.05, 4.69) is 9.97 Å². The highest BCUT2D eigenvalue weighted by Gasteiger charge is 2.29. The van der Waals surface area contributed by atoms with Crippen molar-refractivity contribution in [1.29, 1.82) is 5.26 Å². The van der Waals surface area contributed by atoms with E-state index in [4.69, 9.17) is 5.26 Å². The first kappa shape index (κ1) is 15.6. The molecule has 1 heterocycles. The highest BCUT2D eigenvalue weighted by atomic mass is 19.4. The van der Waals surface area contributed by atoms with E-state index in [9.17, 15) is 22.8 Å². The van der Waals surface area contributed by atoms with Crippen LogP contribution in [0.2, 0.25) is 0 Å². The standard InChI is InChI=1S/C14H10F3N3O2/c15-14(16,17)9-4-1-8(2-5-9)3-6-10-11(7-18)20-13(22)12(21)19-10/h1-2,4-5H,3,6H2,(H,19,21)(H,20,22). The second-order valence-corrected chi connectivity index (χ2v) is 4.57. The molecule has 0 aliphatic heterocycles. The number of nitrogens with zero attached hydrogens (tertiary/aromatic N) is 1. The Hall–Kier alpha value is -2.82. The number of halogens is 3. The van der Waals surface area contributed by atoms with Crippen LogP contribution in [0.5, 0.6) is 0 Å². The van der Waals surface area contributed by atoms with Crippen molar-refractivity contribution in [3.63, 3.8) is 0 Å². The van der Waals surface area contributed by atoms with E-state index in [1.54, 1.807) is 6.07 Å². The first-order valence-corrected chi connectivity index (χ1v) is 6.23. The summed E-state index contributed by atoms with van der Waals surface area (Å²) in [7, 11) is 0. The van der Waals surface area contributed by atoms with Crippen LogP contribution in [0.15, 0.2) is 33.9 Å². The van der Waals surface area contributed by atoms with E-state index < -0.39 is 22.9 Å². The first-order valence-electron chi connectivity index (χ1n) is 6.23. The third-order valence-corrected chi connectivity index (χ3v) is 3.07. The van der Waals surface area contributed by atoms with Crippen molar-refractivity contribution in [1.82, 2.24) is 9.97 Å². The number of alkyl halides is 3. The Balaban J connectivity index is 2.17. The maximum Gasteiger partial charge on any atom is 0.416 e. The van der Waals surface area contributed by atoms with Crippen molar-refractivity contribution in [3.05, 3.63) is 67.5 Å². The number of hydrogen-bond donors (Lipinski definition) is 2. The van der Waals surface area contributed by atoms with Gasteiger partial charge < -0.3 is 9.97 Å². The molecule has 0 bridgehead atoms. The molecular weight excluding hydrogens is 299 g/mol. The summed E-state index contributed by atoms with van der Waals surface area (Å²) >= 11 is 0. The molecule has 0 amide bonds. The minimum Gasteiger partial charge on any atom is -0.319 e. The normalized spacial score (nSPS) is 11.2. The van der Waals surface area contributed by atoms with Crippen LogP contribution in [0.1, 0.15) is 22.5 Å². The van der Waals surface area contributed by atoms with Crippen molar-refractivity contribution < 1.29 is 13.2 Å². The monoisotopic (exact) mass is 309 g/mol. The average molecular weight is 309 g/mol. The highest BCUT2D eigenvalue weighted by molar-refractivity contribution is 5.28. The number of aryl methyl sites for hydroxylation is 2. The molecule has 0 aliphatic rings. The zero-order chi connectivity index (χ0) is 16.3.